The van der Waals surface area contributed by atoms with Crippen molar-refractivity contribution in [1.82, 2.24) is 0 Å². The lowest BCUT2D eigenvalue weighted by atomic mass is 9.97. The Hall–Kier alpha value is -1.89. The van der Waals surface area contributed by atoms with Crippen molar-refractivity contribution in [3.8, 4) is 22.6 Å². The number of aryl methyl sites for hydroxylation is 2. The minimum absolute atomic E-state index is 0.201. The summed E-state index contributed by atoms with van der Waals surface area (Å²) in [5.74, 6) is 1.81. The van der Waals surface area contributed by atoms with E-state index in [2.05, 4.69) is 38.1 Å². The van der Waals surface area contributed by atoms with Crippen molar-refractivity contribution in [2.45, 2.75) is 100 Å². The molecule has 2 fully saturated rings. The van der Waals surface area contributed by atoms with E-state index in [0.717, 1.165) is 82.4 Å². The van der Waals surface area contributed by atoms with Crippen molar-refractivity contribution in [3.05, 3.63) is 35.4 Å². The standard InChI is InChI=1S/C30H40O5S/c1-3-5-7-9-11-21-13-29-25(15-27(21)34-19-23-17-32-23)26-16-28(35-20-24-18-33-24)22(12-10-8-6-4-2)14-30(26)36(29)31/h13-16,23-24H,3-12,17-20H2,1-2H3. The van der Waals surface area contributed by atoms with E-state index in [1.165, 1.54) is 38.5 Å². The lowest BCUT2D eigenvalue weighted by Gasteiger charge is -2.15. The Morgan fingerprint density at radius 2 is 1.17 bits per heavy atom. The van der Waals surface area contributed by atoms with E-state index < -0.39 is 10.8 Å². The van der Waals surface area contributed by atoms with Crippen LogP contribution in [-0.4, -0.2) is 42.8 Å². The molecule has 0 spiro atoms. The summed E-state index contributed by atoms with van der Waals surface area (Å²) in [5, 5.41) is 0. The lowest BCUT2D eigenvalue weighted by Crippen LogP contribution is -2.07. The van der Waals surface area contributed by atoms with E-state index in [0.29, 0.717) is 13.2 Å². The average molecular weight is 513 g/mol. The Morgan fingerprint density at radius 1 is 0.722 bits per heavy atom. The summed E-state index contributed by atoms with van der Waals surface area (Å²) in [6.07, 6.45) is 11.8. The number of fused-ring (bicyclic) bond motifs is 3. The number of benzene rings is 2. The molecule has 0 saturated carbocycles. The molecule has 2 aromatic carbocycles. The maximum absolute atomic E-state index is 13.7. The molecule has 3 aliphatic rings. The fourth-order valence-corrected chi connectivity index (χ4v) is 6.36. The zero-order valence-electron chi connectivity index (χ0n) is 21.8. The highest BCUT2D eigenvalue weighted by molar-refractivity contribution is 7.85. The third kappa shape index (κ3) is 6.32. The molecule has 2 atom stereocenters. The summed E-state index contributed by atoms with van der Waals surface area (Å²) in [4.78, 5) is 1.82. The molecule has 2 saturated heterocycles. The van der Waals surface area contributed by atoms with Crippen LogP contribution < -0.4 is 9.47 Å². The molecule has 0 N–H and O–H groups in total. The van der Waals surface area contributed by atoms with Gasteiger partial charge in [-0.25, -0.2) is 4.21 Å². The van der Waals surface area contributed by atoms with Crippen LogP contribution in [0.3, 0.4) is 0 Å². The van der Waals surface area contributed by atoms with Crippen LogP contribution in [0.25, 0.3) is 11.1 Å². The number of unbranched alkanes of at least 4 members (excludes halogenated alkanes) is 6. The predicted molar refractivity (Wildman–Crippen MR) is 143 cm³/mol. The molecule has 0 radical (unpaired) electrons. The van der Waals surface area contributed by atoms with Crippen LogP contribution >= 0.6 is 0 Å². The zero-order chi connectivity index (χ0) is 24.9. The molecule has 0 aromatic heterocycles. The van der Waals surface area contributed by atoms with Crippen molar-refractivity contribution in [3.63, 3.8) is 0 Å². The third-order valence-electron chi connectivity index (χ3n) is 7.27. The van der Waals surface area contributed by atoms with Gasteiger partial charge in [-0.1, -0.05) is 52.4 Å². The van der Waals surface area contributed by atoms with Gasteiger partial charge < -0.3 is 18.9 Å². The smallest absolute Gasteiger partial charge is 0.123 e. The van der Waals surface area contributed by atoms with Crippen LogP contribution in [0.5, 0.6) is 11.5 Å². The number of epoxide rings is 2. The van der Waals surface area contributed by atoms with Crippen LogP contribution in [0.15, 0.2) is 34.1 Å². The van der Waals surface area contributed by atoms with Crippen LogP contribution in [0.2, 0.25) is 0 Å². The normalized spacial score (nSPS) is 21.2. The minimum atomic E-state index is -1.19. The molecule has 2 unspecified atom stereocenters. The van der Waals surface area contributed by atoms with E-state index >= 15 is 0 Å². The van der Waals surface area contributed by atoms with Crippen molar-refractivity contribution in [2.75, 3.05) is 26.4 Å². The van der Waals surface area contributed by atoms with Gasteiger partial charge in [0.1, 0.15) is 36.9 Å². The average Bonchev–Trinajstić information content (AvgIpc) is 3.82. The molecule has 5 nitrogen and oxygen atoms in total. The third-order valence-corrected chi connectivity index (χ3v) is 8.74. The van der Waals surface area contributed by atoms with Crippen molar-refractivity contribution < 1.29 is 23.2 Å². The molecule has 3 heterocycles. The van der Waals surface area contributed by atoms with Gasteiger partial charge >= 0.3 is 0 Å². The summed E-state index contributed by atoms with van der Waals surface area (Å²) < 4.78 is 36.9. The Kier molecular flexibility index (Phi) is 8.66. The fraction of sp³-hybridized carbons (Fsp3) is 0.600. The number of hydrogen-bond donors (Lipinski definition) is 0. The first-order valence-corrected chi connectivity index (χ1v) is 15.1. The van der Waals surface area contributed by atoms with Gasteiger partial charge in [-0.15, -0.1) is 0 Å². The van der Waals surface area contributed by atoms with Crippen molar-refractivity contribution in [2.24, 2.45) is 0 Å². The minimum Gasteiger partial charge on any atom is -0.490 e. The summed E-state index contributed by atoms with van der Waals surface area (Å²) >= 11 is 0. The molecule has 5 rings (SSSR count). The van der Waals surface area contributed by atoms with Gasteiger partial charge in [-0.2, -0.15) is 0 Å². The fourth-order valence-electron chi connectivity index (χ4n) is 4.89. The predicted octanol–water partition coefficient (Wildman–Crippen LogP) is 6.63. The Morgan fingerprint density at radius 3 is 1.56 bits per heavy atom. The molecule has 6 heteroatoms. The number of rotatable bonds is 16. The van der Waals surface area contributed by atoms with Crippen LogP contribution in [0.4, 0.5) is 0 Å². The molecule has 36 heavy (non-hydrogen) atoms. The summed E-state index contributed by atoms with van der Waals surface area (Å²) in [6.45, 7) is 7.15. The molecular weight excluding hydrogens is 472 g/mol. The van der Waals surface area contributed by atoms with Gasteiger partial charge in [0.05, 0.1) is 33.8 Å². The van der Waals surface area contributed by atoms with E-state index in [9.17, 15) is 4.21 Å². The van der Waals surface area contributed by atoms with E-state index in [1.54, 1.807) is 0 Å². The highest BCUT2D eigenvalue weighted by Gasteiger charge is 2.31. The van der Waals surface area contributed by atoms with Gasteiger partial charge in [-0.3, -0.25) is 0 Å². The highest BCUT2D eigenvalue weighted by Crippen LogP contribution is 2.46. The molecule has 0 amide bonds. The molecule has 0 aliphatic carbocycles. The number of ether oxygens (including phenoxy) is 4. The van der Waals surface area contributed by atoms with Gasteiger partial charge in [0.25, 0.3) is 0 Å². The summed E-state index contributed by atoms with van der Waals surface area (Å²) in [6, 6.07) is 8.51. The second-order valence-corrected chi connectivity index (χ2v) is 11.8. The SMILES string of the molecule is CCCCCCc1cc2c(cc1OCC1CO1)-c1cc(OCC3CO3)c(CCCCCC)cc1S2=O. The zero-order valence-corrected chi connectivity index (χ0v) is 22.6. The first-order chi connectivity index (χ1) is 17.7. The van der Waals surface area contributed by atoms with E-state index in [4.69, 9.17) is 18.9 Å². The van der Waals surface area contributed by atoms with Gasteiger partial charge in [0, 0.05) is 11.1 Å². The highest BCUT2D eigenvalue weighted by atomic mass is 32.2. The molecule has 196 valence electrons. The van der Waals surface area contributed by atoms with E-state index in [-0.39, 0.29) is 12.2 Å². The van der Waals surface area contributed by atoms with Crippen LogP contribution in [-0.2, 0) is 33.1 Å². The molecule has 3 aliphatic heterocycles. The van der Waals surface area contributed by atoms with Gasteiger partial charge in [0.15, 0.2) is 0 Å². The topological polar surface area (TPSA) is 60.6 Å². The summed E-state index contributed by atoms with van der Waals surface area (Å²) in [7, 11) is -1.19. The molecular formula is C30H40O5S. The maximum Gasteiger partial charge on any atom is 0.123 e. The quantitative estimate of drug-likeness (QED) is 0.159. The Labute approximate surface area is 218 Å². The monoisotopic (exact) mass is 512 g/mol. The Balaban J connectivity index is 1.44. The van der Waals surface area contributed by atoms with Crippen LogP contribution in [0, 0.1) is 0 Å². The first-order valence-electron chi connectivity index (χ1n) is 13.9. The second-order valence-electron chi connectivity index (χ2n) is 10.3. The second kappa shape index (κ2) is 12.1. The lowest BCUT2D eigenvalue weighted by molar-refractivity contribution is 0.260. The van der Waals surface area contributed by atoms with Crippen molar-refractivity contribution in [1.29, 1.82) is 0 Å². The first kappa shape index (κ1) is 25.7. The largest absolute Gasteiger partial charge is 0.490 e. The number of hydrogen-bond acceptors (Lipinski definition) is 5. The Bertz CT molecular complexity index is 990. The van der Waals surface area contributed by atoms with Crippen LogP contribution in [0.1, 0.15) is 76.3 Å². The van der Waals surface area contributed by atoms with Crippen molar-refractivity contribution >= 4 is 10.8 Å². The van der Waals surface area contributed by atoms with Gasteiger partial charge in [-0.05, 0) is 61.1 Å². The molecule has 0 bridgehead atoms. The van der Waals surface area contributed by atoms with Gasteiger partial charge in [0.2, 0.25) is 0 Å². The maximum atomic E-state index is 13.7. The van der Waals surface area contributed by atoms with E-state index in [1.807, 2.05) is 0 Å². The summed E-state index contributed by atoms with van der Waals surface area (Å²) in [5.41, 5.74) is 4.34. The molecule has 2 aromatic rings.